The van der Waals surface area contributed by atoms with Crippen molar-refractivity contribution in [1.29, 1.82) is 5.26 Å². The molecule has 2 aromatic rings. The van der Waals surface area contributed by atoms with Crippen LogP contribution in [0.1, 0.15) is 25.0 Å². The van der Waals surface area contributed by atoms with Crippen LogP contribution in [0.4, 0.5) is 0 Å². The first-order valence-corrected chi connectivity index (χ1v) is 7.96. The van der Waals surface area contributed by atoms with Crippen LogP contribution < -0.4 is 10.1 Å². The molecular weight excluding hydrogens is 300 g/mol. The average molecular weight is 322 g/mol. The van der Waals surface area contributed by atoms with Gasteiger partial charge in [-0.15, -0.1) is 0 Å². The molecule has 0 radical (unpaired) electrons. The number of nitrogens with zero attached hydrogens (tertiary/aromatic N) is 1. The summed E-state index contributed by atoms with van der Waals surface area (Å²) in [6, 6.07) is 19.8. The van der Waals surface area contributed by atoms with Crippen molar-refractivity contribution in [2.24, 2.45) is 5.41 Å². The van der Waals surface area contributed by atoms with Gasteiger partial charge in [0.1, 0.15) is 17.8 Å². The Morgan fingerprint density at radius 3 is 2.38 bits per heavy atom. The van der Waals surface area contributed by atoms with E-state index in [1.165, 1.54) is 0 Å². The Bertz CT molecular complexity index is 701. The van der Waals surface area contributed by atoms with Crippen LogP contribution in [-0.4, -0.2) is 12.5 Å². The monoisotopic (exact) mass is 322 g/mol. The van der Waals surface area contributed by atoms with Gasteiger partial charge in [-0.1, -0.05) is 42.5 Å². The second-order valence-corrected chi connectivity index (χ2v) is 6.16. The molecule has 1 amide bonds. The van der Waals surface area contributed by atoms with Crippen molar-refractivity contribution in [1.82, 2.24) is 5.32 Å². The Morgan fingerprint density at radius 2 is 1.75 bits per heavy atom. The Hall–Kier alpha value is -2.80. The molecule has 24 heavy (non-hydrogen) atoms. The smallest absolute Gasteiger partial charge is 0.239 e. The predicted octanol–water partition coefficient (Wildman–Crippen LogP) is 3.47. The first-order chi connectivity index (χ1) is 11.5. The van der Waals surface area contributed by atoms with Gasteiger partial charge in [-0.2, -0.15) is 5.26 Å². The molecule has 4 heteroatoms. The molecule has 0 heterocycles. The summed E-state index contributed by atoms with van der Waals surface area (Å²) >= 11 is 0. The summed E-state index contributed by atoms with van der Waals surface area (Å²) in [6.07, 6.45) is 0.714. The van der Waals surface area contributed by atoms with E-state index in [4.69, 9.17) is 10.00 Å². The largest absolute Gasteiger partial charge is 0.489 e. The lowest BCUT2D eigenvalue weighted by atomic mass is 9.95. The third kappa shape index (κ3) is 5.13. The maximum Gasteiger partial charge on any atom is 0.239 e. The molecule has 4 nitrogen and oxygen atoms in total. The van der Waals surface area contributed by atoms with Crippen molar-refractivity contribution < 1.29 is 9.53 Å². The number of nitriles is 1. The number of amides is 1. The Morgan fingerprint density at radius 1 is 1.08 bits per heavy atom. The van der Waals surface area contributed by atoms with Crippen LogP contribution in [0.15, 0.2) is 54.6 Å². The van der Waals surface area contributed by atoms with Gasteiger partial charge in [0.25, 0.3) is 0 Å². The molecule has 0 aromatic heterocycles. The Kier molecular flexibility index (Phi) is 5.97. The molecule has 0 bridgehead atoms. The number of hydrogen-bond donors (Lipinski definition) is 1. The van der Waals surface area contributed by atoms with Gasteiger partial charge in [-0.3, -0.25) is 4.79 Å². The lowest BCUT2D eigenvalue weighted by Crippen LogP contribution is -2.36. The molecule has 0 unspecified atom stereocenters. The number of ether oxygens (including phenoxy) is 1. The van der Waals surface area contributed by atoms with Gasteiger partial charge in [0.2, 0.25) is 5.91 Å². The summed E-state index contributed by atoms with van der Waals surface area (Å²) in [4.78, 5) is 11.8. The number of carbonyl (C=O) groups excluding carboxylic acids is 1. The van der Waals surface area contributed by atoms with E-state index >= 15 is 0 Å². The molecule has 0 aliphatic carbocycles. The van der Waals surface area contributed by atoms with Crippen LogP contribution in [-0.2, 0) is 17.8 Å². The van der Waals surface area contributed by atoms with Crippen LogP contribution in [0.2, 0.25) is 0 Å². The Labute approximate surface area is 143 Å². The van der Waals surface area contributed by atoms with Crippen molar-refractivity contribution in [2.75, 3.05) is 6.54 Å². The maximum atomic E-state index is 11.8. The van der Waals surface area contributed by atoms with Gasteiger partial charge in [0.05, 0.1) is 6.07 Å². The zero-order valence-electron chi connectivity index (χ0n) is 14.1. The first kappa shape index (κ1) is 17.6. The summed E-state index contributed by atoms with van der Waals surface area (Å²) in [5.41, 5.74) is 1.25. The minimum Gasteiger partial charge on any atom is -0.489 e. The fraction of sp³-hybridized carbons (Fsp3) is 0.300. The predicted molar refractivity (Wildman–Crippen MR) is 93.3 cm³/mol. The molecule has 0 saturated carbocycles. The molecule has 0 aliphatic heterocycles. The maximum absolute atomic E-state index is 11.8. The fourth-order valence-corrected chi connectivity index (χ4v) is 2.09. The van der Waals surface area contributed by atoms with Gasteiger partial charge >= 0.3 is 0 Å². The fourth-order valence-electron chi connectivity index (χ4n) is 2.09. The minimum absolute atomic E-state index is 0.243. The highest BCUT2D eigenvalue weighted by Gasteiger charge is 2.26. The number of rotatable bonds is 7. The van der Waals surface area contributed by atoms with E-state index in [9.17, 15) is 4.79 Å². The second-order valence-electron chi connectivity index (χ2n) is 6.16. The van der Waals surface area contributed by atoms with Crippen LogP contribution in [0, 0.1) is 16.7 Å². The molecule has 2 aromatic carbocycles. The number of nitrogens with one attached hydrogen (secondary N) is 1. The standard InChI is InChI=1S/C20H22N2O2/c1-20(2,15-21)19(23)22-13-12-16-8-10-18(11-9-16)24-14-17-6-4-3-5-7-17/h3-11H,12-14H2,1-2H3,(H,22,23). The van der Waals surface area contributed by atoms with Crippen LogP contribution in [0.3, 0.4) is 0 Å². The molecule has 0 spiro atoms. The van der Waals surface area contributed by atoms with E-state index in [-0.39, 0.29) is 5.91 Å². The summed E-state index contributed by atoms with van der Waals surface area (Å²) < 4.78 is 5.74. The van der Waals surface area contributed by atoms with Gasteiger partial charge in [-0.25, -0.2) is 0 Å². The third-order valence-corrected chi connectivity index (χ3v) is 3.72. The van der Waals surface area contributed by atoms with E-state index in [1.807, 2.05) is 60.7 Å². The van der Waals surface area contributed by atoms with E-state index < -0.39 is 5.41 Å². The van der Waals surface area contributed by atoms with E-state index in [1.54, 1.807) is 13.8 Å². The second kappa shape index (κ2) is 8.16. The van der Waals surface area contributed by atoms with Crippen LogP contribution in [0.25, 0.3) is 0 Å². The van der Waals surface area contributed by atoms with Gasteiger partial charge < -0.3 is 10.1 Å². The molecule has 0 fully saturated rings. The highest BCUT2D eigenvalue weighted by molar-refractivity contribution is 5.84. The number of carbonyl (C=O) groups is 1. The zero-order valence-corrected chi connectivity index (χ0v) is 14.1. The normalized spacial score (nSPS) is 10.7. The number of benzene rings is 2. The van der Waals surface area contributed by atoms with E-state index in [2.05, 4.69) is 5.32 Å². The summed E-state index contributed by atoms with van der Waals surface area (Å²) in [5, 5.41) is 11.7. The molecular formula is C20H22N2O2. The van der Waals surface area contributed by atoms with Gasteiger partial charge in [0.15, 0.2) is 0 Å². The average Bonchev–Trinajstić information content (AvgIpc) is 2.61. The number of hydrogen-bond acceptors (Lipinski definition) is 3. The first-order valence-electron chi connectivity index (χ1n) is 7.96. The summed E-state index contributed by atoms with van der Waals surface area (Å²) in [7, 11) is 0. The minimum atomic E-state index is -0.991. The summed E-state index contributed by atoms with van der Waals surface area (Å²) in [6.45, 7) is 4.27. The molecule has 124 valence electrons. The molecule has 0 atom stereocenters. The third-order valence-electron chi connectivity index (χ3n) is 3.72. The highest BCUT2D eigenvalue weighted by Crippen LogP contribution is 2.15. The highest BCUT2D eigenvalue weighted by atomic mass is 16.5. The topological polar surface area (TPSA) is 62.1 Å². The lowest BCUT2D eigenvalue weighted by Gasteiger charge is -2.15. The van der Waals surface area contributed by atoms with Crippen molar-refractivity contribution in [3.05, 3.63) is 65.7 Å². The molecule has 1 N–H and O–H groups in total. The van der Waals surface area contributed by atoms with Crippen molar-refractivity contribution in [2.45, 2.75) is 26.9 Å². The van der Waals surface area contributed by atoms with Gasteiger partial charge in [0, 0.05) is 6.54 Å². The SMILES string of the molecule is CC(C)(C#N)C(=O)NCCc1ccc(OCc2ccccc2)cc1. The van der Waals surface area contributed by atoms with Gasteiger partial charge in [-0.05, 0) is 43.5 Å². The Balaban J connectivity index is 1.78. The zero-order chi connectivity index (χ0) is 17.4. The lowest BCUT2D eigenvalue weighted by molar-refractivity contribution is -0.126. The quantitative estimate of drug-likeness (QED) is 0.849. The van der Waals surface area contributed by atoms with Crippen LogP contribution >= 0.6 is 0 Å². The van der Waals surface area contributed by atoms with Crippen molar-refractivity contribution in [3.63, 3.8) is 0 Å². The van der Waals surface area contributed by atoms with Crippen molar-refractivity contribution >= 4 is 5.91 Å². The van der Waals surface area contributed by atoms with Crippen molar-refractivity contribution in [3.8, 4) is 11.8 Å². The molecule has 2 rings (SSSR count). The summed E-state index contributed by atoms with van der Waals surface area (Å²) in [5.74, 6) is 0.574. The van der Waals surface area contributed by atoms with E-state index in [0.717, 1.165) is 16.9 Å². The molecule has 0 aliphatic rings. The van der Waals surface area contributed by atoms with E-state index in [0.29, 0.717) is 19.6 Å². The molecule has 0 saturated heterocycles. The van der Waals surface area contributed by atoms with Crippen LogP contribution in [0.5, 0.6) is 5.75 Å².